The molecule has 3 aromatic rings. The highest BCUT2D eigenvalue weighted by atomic mass is 35.5. The number of aromatic nitrogens is 1. The van der Waals surface area contributed by atoms with Crippen molar-refractivity contribution in [2.24, 2.45) is 13.0 Å². The summed E-state index contributed by atoms with van der Waals surface area (Å²) in [5, 5.41) is 13.1. The number of hydrogen-bond donors (Lipinski definition) is 2. The van der Waals surface area contributed by atoms with E-state index in [1.165, 1.54) is 0 Å². The normalized spacial score (nSPS) is 13.9. The standard InChI is InChI=1S/C28H29ClN2O4/c1-31-18-25(28(34)30-17-20-5-7-23(29)8-6-20)27(33)24-16-21(14-19-9-12-35-13-10-19)15-22(26(24)31)4-2-3-11-32/h5-8,15-16,18-19,32H,3,9-14,17H2,1H3,(H,30,34). The number of nitrogens with one attached hydrogen (secondary N) is 1. The van der Waals surface area contributed by atoms with E-state index in [2.05, 4.69) is 17.2 Å². The Morgan fingerprint density at radius 3 is 2.66 bits per heavy atom. The van der Waals surface area contributed by atoms with E-state index in [4.69, 9.17) is 21.4 Å². The van der Waals surface area contributed by atoms with Gasteiger partial charge in [0.2, 0.25) is 5.43 Å². The Balaban J connectivity index is 1.71. The van der Waals surface area contributed by atoms with Gasteiger partial charge >= 0.3 is 0 Å². The van der Waals surface area contributed by atoms with Gasteiger partial charge in [0.25, 0.3) is 5.91 Å². The summed E-state index contributed by atoms with van der Waals surface area (Å²) in [5.74, 6) is 6.16. The number of carbonyl (C=O) groups excluding carboxylic acids is 1. The Kier molecular flexibility index (Phi) is 8.25. The number of rotatable bonds is 6. The van der Waals surface area contributed by atoms with Crippen molar-refractivity contribution < 1.29 is 14.6 Å². The van der Waals surface area contributed by atoms with Gasteiger partial charge in [-0.15, -0.1) is 0 Å². The number of fused-ring (bicyclic) bond motifs is 1. The van der Waals surface area contributed by atoms with Crippen molar-refractivity contribution in [2.45, 2.75) is 32.2 Å². The summed E-state index contributed by atoms with van der Waals surface area (Å²) >= 11 is 5.93. The molecule has 182 valence electrons. The largest absolute Gasteiger partial charge is 0.395 e. The summed E-state index contributed by atoms with van der Waals surface area (Å²) in [4.78, 5) is 26.5. The first kappa shape index (κ1) is 25.0. The number of aryl methyl sites for hydroxylation is 1. The van der Waals surface area contributed by atoms with E-state index in [0.29, 0.717) is 34.8 Å². The van der Waals surface area contributed by atoms with Gasteiger partial charge in [0.05, 0.1) is 12.1 Å². The highest BCUT2D eigenvalue weighted by molar-refractivity contribution is 6.30. The minimum Gasteiger partial charge on any atom is -0.395 e. The molecule has 1 saturated heterocycles. The molecule has 2 aromatic carbocycles. The van der Waals surface area contributed by atoms with Crippen LogP contribution >= 0.6 is 11.6 Å². The summed E-state index contributed by atoms with van der Waals surface area (Å²) < 4.78 is 7.27. The van der Waals surface area contributed by atoms with E-state index in [0.717, 1.165) is 49.2 Å². The second-order valence-corrected chi connectivity index (χ2v) is 9.30. The van der Waals surface area contributed by atoms with Crippen molar-refractivity contribution in [3.63, 3.8) is 0 Å². The molecular formula is C28H29ClN2O4. The lowest BCUT2D eigenvalue weighted by molar-refractivity contribution is 0.0665. The highest BCUT2D eigenvalue weighted by Gasteiger charge is 2.19. The Morgan fingerprint density at radius 2 is 1.94 bits per heavy atom. The molecule has 35 heavy (non-hydrogen) atoms. The Bertz CT molecular complexity index is 1330. The molecule has 1 fully saturated rings. The summed E-state index contributed by atoms with van der Waals surface area (Å²) in [6.07, 6.45) is 4.70. The zero-order valence-electron chi connectivity index (χ0n) is 19.8. The molecule has 0 unspecified atom stereocenters. The van der Waals surface area contributed by atoms with E-state index in [1.807, 2.05) is 31.3 Å². The Labute approximate surface area is 209 Å². The number of hydrogen-bond acceptors (Lipinski definition) is 4. The smallest absolute Gasteiger partial charge is 0.257 e. The van der Waals surface area contributed by atoms with E-state index >= 15 is 0 Å². The van der Waals surface area contributed by atoms with Crippen molar-refractivity contribution in [1.29, 1.82) is 0 Å². The predicted octanol–water partition coefficient (Wildman–Crippen LogP) is 3.82. The fraction of sp³-hybridized carbons (Fsp3) is 0.357. The molecule has 1 amide bonds. The summed E-state index contributed by atoms with van der Waals surface area (Å²) in [6.45, 7) is 1.77. The molecule has 2 heterocycles. The van der Waals surface area contributed by atoms with Crippen molar-refractivity contribution in [3.8, 4) is 11.8 Å². The number of aliphatic hydroxyl groups is 1. The van der Waals surface area contributed by atoms with Crippen LogP contribution in [0.4, 0.5) is 0 Å². The molecule has 0 atom stereocenters. The fourth-order valence-electron chi connectivity index (χ4n) is 4.46. The third-order valence-corrected chi connectivity index (χ3v) is 6.52. The average Bonchev–Trinajstić information content (AvgIpc) is 2.86. The van der Waals surface area contributed by atoms with Crippen LogP contribution in [0.25, 0.3) is 10.9 Å². The second-order valence-electron chi connectivity index (χ2n) is 8.87. The predicted molar refractivity (Wildman–Crippen MR) is 138 cm³/mol. The first-order valence-electron chi connectivity index (χ1n) is 11.8. The SMILES string of the molecule is Cn1cc(C(=O)NCc2ccc(Cl)cc2)c(=O)c2cc(CC3CCOCC3)cc(C#CCCO)c21. The first-order chi connectivity index (χ1) is 17.0. The lowest BCUT2D eigenvalue weighted by Crippen LogP contribution is -2.29. The lowest BCUT2D eigenvalue weighted by atomic mass is 9.90. The van der Waals surface area contributed by atoms with E-state index in [1.54, 1.807) is 22.9 Å². The van der Waals surface area contributed by atoms with Crippen LogP contribution in [0.1, 0.15) is 46.3 Å². The number of nitrogens with zero attached hydrogens (tertiary/aromatic N) is 1. The van der Waals surface area contributed by atoms with E-state index in [9.17, 15) is 9.59 Å². The fourth-order valence-corrected chi connectivity index (χ4v) is 4.59. The maximum atomic E-state index is 13.5. The van der Waals surface area contributed by atoms with Crippen LogP contribution in [-0.4, -0.2) is 35.4 Å². The zero-order chi connectivity index (χ0) is 24.8. The Morgan fingerprint density at radius 1 is 1.20 bits per heavy atom. The van der Waals surface area contributed by atoms with Gasteiger partial charge in [0.1, 0.15) is 5.56 Å². The monoisotopic (exact) mass is 492 g/mol. The second kappa shape index (κ2) is 11.5. The molecule has 4 rings (SSSR count). The third kappa shape index (κ3) is 6.12. The van der Waals surface area contributed by atoms with Gasteiger partial charge < -0.3 is 19.7 Å². The molecule has 1 aliphatic heterocycles. The molecule has 0 bridgehead atoms. The number of pyridine rings is 1. The molecule has 7 heteroatoms. The zero-order valence-corrected chi connectivity index (χ0v) is 20.5. The average molecular weight is 493 g/mol. The molecule has 1 aliphatic rings. The van der Waals surface area contributed by atoms with E-state index < -0.39 is 5.91 Å². The molecule has 1 aromatic heterocycles. The van der Waals surface area contributed by atoms with Crippen molar-refractivity contribution in [1.82, 2.24) is 9.88 Å². The molecule has 6 nitrogen and oxygen atoms in total. The molecule has 0 radical (unpaired) electrons. The first-order valence-corrected chi connectivity index (χ1v) is 12.2. The summed E-state index contributed by atoms with van der Waals surface area (Å²) in [5.41, 5.74) is 3.10. The minimum atomic E-state index is -0.426. The maximum absolute atomic E-state index is 13.5. The van der Waals surface area contributed by atoms with Gasteiger partial charge in [0.15, 0.2) is 0 Å². The van der Waals surface area contributed by atoms with Crippen LogP contribution in [0.15, 0.2) is 47.4 Å². The topological polar surface area (TPSA) is 80.6 Å². The number of amides is 1. The Hall–Kier alpha value is -3.11. The maximum Gasteiger partial charge on any atom is 0.257 e. The highest BCUT2D eigenvalue weighted by Crippen LogP contribution is 2.25. The molecule has 2 N–H and O–H groups in total. The van der Waals surface area contributed by atoms with E-state index in [-0.39, 0.29) is 17.6 Å². The number of benzene rings is 2. The molecule has 0 aliphatic carbocycles. The van der Waals surface area contributed by atoms with Crippen LogP contribution in [0.5, 0.6) is 0 Å². The number of ether oxygens (including phenoxy) is 1. The molecule has 0 spiro atoms. The van der Waals surface area contributed by atoms with Crippen LogP contribution in [0.3, 0.4) is 0 Å². The van der Waals surface area contributed by atoms with Gasteiger partial charge in [-0.1, -0.05) is 35.6 Å². The number of aliphatic hydroxyl groups excluding tert-OH is 1. The van der Waals surface area contributed by atoms with Crippen LogP contribution in [0.2, 0.25) is 5.02 Å². The van der Waals surface area contributed by atoms with Crippen LogP contribution < -0.4 is 10.7 Å². The summed E-state index contributed by atoms with van der Waals surface area (Å²) in [6, 6.07) is 11.1. The molecular weight excluding hydrogens is 464 g/mol. The van der Waals surface area contributed by atoms with Gasteiger partial charge in [-0.2, -0.15) is 0 Å². The van der Waals surface area contributed by atoms with Gasteiger partial charge in [0, 0.05) is 55.4 Å². The van der Waals surface area contributed by atoms with Crippen molar-refractivity contribution >= 4 is 28.4 Å². The van der Waals surface area contributed by atoms with Crippen LogP contribution in [-0.2, 0) is 24.8 Å². The molecule has 0 saturated carbocycles. The van der Waals surface area contributed by atoms with Gasteiger partial charge in [-0.25, -0.2) is 0 Å². The minimum absolute atomic E-state index is 0.0242. The van der Waals surface area contributed by atoms with Gasteiger partial charge in [-0.05, 0) is 60.6 Å². The quantitative estimate of drug-likeness (QED) is 0.512. The lowest BCUT2D eigenvalue weighted by Gasteiger charge is -2.22. The van der Waals surface area contributed by atoms with Crippen molar-refractivity contribution in [3.05, 3.63) is 80.1 Å². The summed E-state index contributed by atoms with van der Waals surface area (Å²) in [7, 11) is 1.81. The van der Waals surface area contributed by atoms with Crippen LogP contribution in [0, 0.1) is 17.8 Å². The van der Waals surface area contributed by atoms with Gasteiger partial charge in [-0.3, -0.25) is 9.59 Å². The third-order valence-electron chi connectivity index (χ3n) is 6.27. The number of carbonyl (C=O) groups is 1. The number of halogens is 1. The van der Waals surface area contributed by atoms with Crippen molar-refractivity contribution in [2.75, 3.05) is 19.8 Å².